The van der Waals surface area contributed by atoms with Crippen molar-refractivity contribution in [3.05, 3.63) is 29.3 Å². The third kappa shape index (κ3) is 4.21. The van der Waals surface area contributed by atoms with Gasteiger partial charge in [0.25, 0.3) is 5.91 Å². The highest BCUT2D eigenvalue weighted by Crippen LogP contribution is 2.21. The van der Waals surface area contributed by atoms with Gasteiger partial charge >= 0.3 is 0 Å². The fraction of sp³-hybridized carbons (Fsp3) is 0.588. The van der Waals surface area contributed by atoms with Crippen molar-refractivity contribution in [3.8, 4) is 0 Å². The third-order valence-corrected chi connectivity index (χ3v) is 4.31. The van der Waals surface area contributed by atoms with Crippen LogP contribution in [0.5, 0.6) is 0 Å². The first-order valence-electron chi connectivity index (χ1n) is 7.72. The average Bonchev–Trinajstić information content (AvgIpc) is 2.47. The highest BCUT2D eigenvalue weighted by molar-refractivity contribution is 5.95. The molecular formula is C17H27N3O. The predicted molar refractivity (Wildman–Crippen MR) is 87.9 cm³/mol. The van der Waals surface area contributed by atoms with Crippen molar-refractivity contribution < 1.29 is 4.79 Å². The van der Waals surface area contributed by atoms with Gasteiger partial charge in [0.2, 0.25) is 0 Å². The van der Waals surface area contributed by atoms with Crippen LogP contribution in [0.4, 0.5) is 5.69 Å². The maximum atomic E-state index is 12.0. The zero-order chi connectivity index (χ0) is 15.4. The van der Waals surface area contributed by atoms with E-state index in [9.17, 15) is 4.79 Å². The van der Waals surface area contributed by atoms with E-state index in [2.05, 4.69) is 24.2 Å². The van der Waals surface area contributed by atoms with Crippen molar-refractivity contribution in [1.29, 1.82) is 0 Å². The second-order valence-electron chi connectivity index (χ2n) is 6.36. The largest absolute Gasteiger partial charge is 0.385 e. The van der Waals surface area contributed by atoms with Crippen LogP contribution in [0.15, 0.2) is 18.2 Å². The van der Waals surface area contributed by atoms with E-state index in [0.29, 0.717) is 0 Å². The molecule has 1 aromatic rings. The number of nitrogens with one attached hydrogen (secondary N) is 1. The summed E-state index contributed by atoms with van der Waals surface area (Å²) in [5, 5.41) is 3.54. The molecule has 21 heavy (non-hydrogen) atoms. The number of aryl methyl sites for hydroxylation is 1. The highest BCUT2D eigenvalue weighted by Gasteiger charge is 2.17. The highest BCUT2D eigenvalue weighted by atomic mass is 16.2. The molecule has 0 bridgehead atoms. The number of likely N-dealkylation sites (tertiary alicyclic amines) is 1. The topological polar surface area (TPSA) is 35.6 Å². The smallest absolute Gasteiger partial charge is 0.253 e. The molecule has 1 aliphatic rings. The van der Waals surface area contributed by atoms with Crippen LogP contribution in [0.3, 0.4) is 0 Å². The van der Waals surface area contributed by atoms with Crippen molar-refractivity contribution in [1.82, 2.24) is 9.80 Å². The summed E-state index contributed by atoms with van der Waals surface area (Å²) < 4.78 is 0. The molecule has 1 N–H and O–H groups in total. The van der Waals surface area contributed by atoms with E-state index in [1.54, 1.807) is 19.0 Å². The van der Waals surface area contributed by atoms with Crippen LogP contribution in [0.2, 0.25) is 0 Å². The van der Waals surface area contributed by atoms with E-state index in [-0.39, 0.29) is 5.91 Å². The minimum absolute atomic E-state index is 0.0531. The normalized spacial score (nSPS) is 16.8. The van der Waals surface area contributed by atoms with Gasteiger partial charge in [-0.05, 0) is 63.5 Å². The molecule has 4 nitrogen and oxygen atoms in total. The molecule has 0 atom stereocenters. The van der Waals surface area contributed by atoms with E-state index in [4.69, 9.17) is 0 Å². The Labute approximate surface area is 128 Å². The van der Waals surface area contributed by atoms with Crippen LogP contribution in [-0.4, -0.2) is 56.5 Å². The molecule has 0 spiro atoms. The minimum atomic E-state index is 0.0531. The van der Waals surface area contributed by atoms with Crippen LogP contribution < -0.4 is 5.32 Å². The van der Waals surface area contributed by atoms with Crippen molar-refractivity contribution >= 4 is 11.6 Å². The number of hydrogen-bond acceptors (Lipinski definition) is 3. The van der Waals surface area contributed by atoms with Gasteiger partial charge in [-0.2, -0.15) is 0 Å². The van der Waals surface area contributed by atoms with Gasteiger partial charge < -0.3 is 15.1 Å². The molecule has 0 radical (unpaired) electrons. The van der Waals surface area contributed by atoms with E-state index < -0.39 is 0 Å². The molecule has 4 heteroatoms. The van der Waals surface area contributed by atoms with Crippen LogP contribution in [-0.2, 0) is 0 Å². The number of carbonyl (C=O) groups excluding carboxylic acids is 1. The number of nitrogens with zero attached hydrogens (tertiary/aromatic N) is 2. The number of rotatable bonds is 4. The van der Waals surface area contributed by atoms with Gasteiger partial charge in [-0.1, -0.05) is 6.07 Å². The van der Waals surface area contributed by atoms with Crippen LogP contribution in [0, 0.1) is 12.8 Å². The summed E-state index contributed by atoms with van der Waals surface area (Å²) in [7, 11) is 5.76. The van der Waals surface area contributed by atoms with E-state index >= 15 is 0 Å². The first kappa shape index (κ1) is 15.8. The Balaban J connectivity index is 1.99. The van der Waals surface area contributed by atoms with Gasteiger partial charge in [-0.3, -0.25) is 4.79 Å². The molecular weight excluding hydrogens is 262 g/mol. The number of piperidine rings is 1. The first-order chi connectivity index (χ1) is 9.97. The van der Waals surface area contributed by atoms with Gasteiger partial charge in [0.15, 0.2) is 0 Å². The second kappa shape index (κ2) is 6.94. The lowest BCUT2D eigenvalue weighted by Gasteiger charge is -2.29. The molecule has 1 heterocycles. The van der Waals surface area contributed by atoms with Crippen LogP contribution >= 0.6 is 0 Å². The van der Waals surface area contributed by atoms with Crippen molar-refractivity contribution in [2.75, 3.05) is 46.1 Å². The van der Waals surface area contributed by atoms with E-state index in [1.807, 2.05) is 18.2 Å². The van der Waals surface area contributed by atoms with Gasteiger partial charge in [-0.25, -0.2) is 0 Å². The molecule has 1 aliphatic heterocycles. The summed E-state index contributed by atoms with van der Waals surface area (Å²) in [5.74, 6) is 0.783. The Bertz CT molecular complexity index is 491. The SMILES string of the molecule is Cc1ccc(C(=O)N(C)C)cc1NCC1CCN(C)CC1. The molecule has 0 unspecified atom stereocenters. The van der Waals surface area contributed by atoms with Crippen molar-refractivity contribution in [2.24, 2.45) is 5.92 Å². The molecule has 0 saturated carbocycles. The number of benzene rings is 1. The standard InChI is InChI=1S/C17H27N3O/c1-13-5-6-15(17(21)19(2)3)11-16(13)18-12-14-7-9-20(4)10-8-14/h5-6,11,14,18H,7-10,12H2,1-4H3. The summed E-state index contributed by atoms with van der Waals surface area (Å²) in [5.41, 5.74) is 3.02. The maximum Gasteiger partial charge on any atom is 0.253 e. The summed E-state index contributed by atoms with van der Waals surface area (Å²) >= 11 is 0. The number of carbonyl (C=O) groups is 1. The summed E-state index contributed by atoms with van der Waals surface area (Å²) in [4.78, 5) is 16.0. The molecule has 2 rings (SSSR count). The lowest BCUT2D eigenvalue weighted by atomic mass is 9.97. The Hall–Kier alpha value is -1.55. The molecule has 1 aromatic carbocycles. The molecule has 1 fully saturated rings. The lowest BCUT2D eigenvalue weighted by molar-refractivity contribution is 0.0827. The Morgan fingerprint density at radius 1 is 1.33 bits per heavy atom. The summed E-state index contributed by atoms with van der Waals surface area (Å²) in [6.07, 6.45) is 2.50. The average molecular weight is 289 g/mol. The molecule has 0 aromatic heterocycles. The molecule has 1 saturated heterocycles. The third-order valence-electron chi connectivity index (χ3n) is 4.31. The van der Waals surface area contributed by atoms with Gasteiger partial charge in [0.1, 0.15) is 0 Å². The van der Waals surface area contributed by atoms with Crippen LogP contribution in [0.1, 0.15) is 28.8 Å². The zero-order valence-electron chi connectivity index (χ0n) is 13.6. The predicted octanol–water partition coefficient (Wildman–Crippen LogP) is 2.45. The fourth-order valence-corrected chi connectivity index (χ4v) is 2.72. The fourth-order valence-electron chi connectivity index (χ4n) is 2.72. The maximum absolute atomic E-state index is 12.0. The van der Waals surface area contributed by atoms with Crippen molar-refractivity contribution in [2.45, 2.75) is 19.8 Å². The minimum Gasteiger partial charge on any atom is -0.385 e. The molecule has 1 amide bonds. The monoisotopic (exact) mass is 289 g/mol. The van der Waals surface area contributed by atoms with Gasteiger partial charge in [0.05, 0.1) is 0 Å². The first-order valence-corrected chi connectivity index (χ1v) is 7.72. The molecule has 0 aliphatic carbocycles. The van der Waals surface area contributed by atoms with E-state index in [1.165, 1.54) is 31.5 Å². The number of amides is 1. The van der Waals surface area contributed by atoms with Gasteiger partial charge in [-0.15, -0.1) is 0 Å². The van der Waals surface area contributed by atoms with Gasteiger partial charge in [0, 0.05) is 31.9 Å². The number of anilines is 1. The quantitative estimate of drug-likeness (QED) is 0.925. The number of hydrogen-bond donors (Lipinski definition) is 1. The van der Waals surface area contributed by atoms with E-state index in [0.717, 1.165) is 23.7 Å². The second-order valence-corrected chi connectivity index (χ2v) is 6.36. The van der Waals surface area contributed by atoms with Crippen LogP contribution in [0.25, 0.3) is 0 Å². The summed E-state index contributed by atoms with van der Waals surface area (Å²) in [6.45, 7) is 5.45. The lowest BCUT2D eigenvalue weighted by Crippen LogP contribution is -2.33. The Kier molecular flexibility index (Phi) is 5.23. The Morgan fingerprint density at radius 3 is 2.62 bits per heavy atom. The Morgan fingerprint density at radius 2 is 2.00 bits per heavy atom. The zero-order valence-corrected chi connectivity index (χ0v) is 13.6. The molecule has 116 valence electrons. The summed E-state index contributed by atoms with van der Waals surface area (Å²) in [6, 6.07) is 5.90. The van der Waals surface area contributed by atoms with Crippen molar-refractivity contribution in [3.63, 3.8) is 0 Å².